The first-order valence-corrected chi connectivity index (χ1v) is 11.2. The van der Waals surface area contributed by atoms with E-state index in [1.807, 2.05) is 24.3 Å². The number of fused-ring (bicyclic) bond motifs is 2. The van der Waals surface area contributed by atoms with Crippen LogP contribution in [0.4, 0.5) is 0 Å². The van der Waals surface area contributed by atoms with Crippen LogP contribution in [0.25, 0.3) is 21.7 Å². The van der Waals surface area contributed by atoms with Crippen molar-refractivity contribution in [3.05, 3.63) is 42.2 Å². The minimum Gasteiger partial charge on any atom is -0.494 e. The Balaban J connectivity index is 1.31. The zero-order chi connectivity index (χ0) is 21.2. The van der Waals surface area contributed by atoms with Gasteiger partial charge in [-0.1, -0.05) is 6.07 Å². The fourth-order valence-electron chi connectivity index (χ4n) is 4.72. The number of piperidine rings is 1. The van der Waals surface area contributed by atoms with Crippen LogP contribution in [0.2, 0.25) is 0 Å². The highest BCUT2D eigenvalue weighted by Crippen LogP contribution is 2.35. The van der Waals surface area contributed by atoms with E-state index in [1.54, 1.807) is 6.26 Å². The Hall–Kier alpha value is -2.86. The van der Waals surface area contributed by atoms with Crippen LogP contribution in [-0.2, 0) is 14.3 Å². The highest BCUT2D eigenvalue weighted by Gasteiger charge is 2.30. The van der Waals surface area contributed by atoms with Crippen molar-refractivity contribution < 1.29 is 23.5 Å². The van der Waals surface area contributed by atoms with Gasteiger partial charge in [0.1, 0.15) is 11.3 Å². The molecule has 2 saturated heterocycles. The van der Waals surface area contributed by atoms with Gasteiger partial charge in [-0.05, 0) is 73.1 Å². The Morgan fingerprint density at radius 2 is 1.90 bits per heavy atom. The molecule has 2 aliphatic heterocycles. The predicted octanol–water partition coefficient (Wildman–Crippen LogP) is 4.69. The Bertz CT molecular complexity index is 1110. The topological polar surface area (TPSA) is 77.8 Å². The molecule has 6 nitrogen and oxygen atoms in total. The van der Waals surface area contributed by atoms with E-state index in [9.17, 15) is 9.59 Å². The molecule has 0 unspecified atom stereocenters. The Kier molecular flexibility index (Phi) is 5.64. The third-order valence-corrected chi connectivity index (χ3v) is 6.51. The predicted molar refractivity (Wildman–Crippen MR) is 117 cm³/mol. The highest BCUT2D eigenvalue weighted by atomic mass is 16.5. The smallest absolute Gasteiger partial charge is 0.234 e. The van der Waals surface area contributed by atoms with E-state index < -0.39 is 0 Å². The van der Waals surface area contributed by atoms with E-state index in [1.165, 1.54) is 6.42 Å². The molecule has 6 heteroatoms. The van der Waals surface area contributed by atoms with E-state index in [0.717, 1.165) is 71.4 Å². The van der Waals surface area contributed by atoms with Crippen molar-refractivity contribution in [2.75, 3.05) is 19.8 Å². The number of ether oxygens (including phenoxy) is 2. The largest absolute Gasteiger partial charge is 0.494 e. The lowest BCUT2D eigenvalue weighted by molar-refractivity contribution is -0.134. The summed E-state index contributed by atoms with van der Waals surface area (Å²) >= 11 is 0. The van der Waals surface area contributed by atoms with Crippen molar-refractivity contribution in [3.63, 3.8) is 0 Å². The van der Waals surface area contributed by atoms with Crippen LogP contribution in [0.5, 0.6) is 5.75 Å². The standard InChI is InChI=1S/C25H27NO5/c27-24-6-5-20(25(28)26-24)22-15-31-23-14-17-3-4-19(12-18(17)13-21(22)23)30-9-1-2-16-7-10-29-11-8-16/h3-4,12-16,20H,1-2,5-11H2,(H,26,27,28)/t20-/m1/s1. The van der Waals surface area contributed by atoms with Crippen LogP contribution in [0.1, 0.15) is 50.0 Å². The quantitative estimate of drug-likeness (QED) is 0.461. The van der Waals surface area contributed by atoms with Crippen LogP contribution < -0.4 is 10.1 Å². The normalized spacial score (nSPS) is 20.3. The molecule has 1 N–H and O–H groups in total. The zero-order valence-electron chi connectivity index (χ0n) is 17.5. The summed E-state index contributed by atoms with van der Waals surface area (Å²) in [5, 5.41) is 5.46. The van der Waals surface area contributed by atoms with Crippen LogP contribution in [0.15, 0.2) is 41.0 Å². The number of hydrogen-bond donors (Lipinski definition) is 1. The maximum Gasteiger partial charge on any atom is 0.234 e. The molecule has 2 fully saturated rings. The van der Waals surface area contributed by atoms with E-state index in [0.29, 0.717) is 19.4 Å². The average Bonchev–Trinajstić information content (AvgIpc) is 3.18. The number of hydrogen-bond acceptors (Lipinski definition) is 5. The first kappa shape index (κ1) is 20.1. The van der Waals surface area contributed by atoms with E-state index >= 15 is 0 Å². The summed E-state index contributed by atoms with van der Waals surface area (Å²) in [6.45, 7) is 2.48. The molecule has 0 radical (unpaired) electrons. The summed E-state index contributed by atoms with van der Waals surface area (Å²) in [6, 6.07) is 10.1. The van der Waals surface area contributed by atoms with E-state index in [2.05, 4.69) is 11.4 Å². The number of rotatable bonds is 6. The van der Waals surface area contributed by atoms with Crippen molar-refractivity contribution in [3.8, 4) is 5.75 Å². The maximum atomic E-state index is 12.3. The van der Waals surface area contributed by atoms with Gasteiger partial charge in [0.15, 0.2) is 0 Å². The fraction of sp³-hybridized carbons (Fsp3) is 0.440. The summed E-state index contributed by atoms with van der Waals surface area (Å²) in [7, 11) is 0. The molecule has 0 aliphatic carbocycles. The molecular weight excluding hydrogens is 394 g/mol. The number of benzene rings is 2. The third kappa shape index (κ3) is 4.30. The molecule has 162 valence electrons. The molecule has 0 saturated carbocycles. The maximum absolute atomic E-state index is 12.3. The highest BCUT2D eigenvalue weighted by molar-refractivity contribution is 6.04. The van der Waals surface area contributed by atoms with Gasteiger partial charge in [0, 0.05) is 30.6 Å². The molecule has 0 spiro atoms. The summed E-state index contributed by atoms with van der Waals surface area (Å²) in [5.74, 6) is 0.790. The molecule has 3 aromatic rings. The second-order valence-electron chi connectivity index (χ2n) is 8.60. The first-order valence-electron chi connectivity index (χ1n) is 11.2. The molecule has 3 heterocycles. The second kappa shape index (κ2) is 8.71. The number of carbonyl (C=O) groups excluding carboxylic acids is 2. The Labute approximate surface area is 180 Å². The lowest BCUT2D eigenvalue weighted by atomic mass is 9.90. The van der Waals surface area contributed by atoms with Crippen LogP contribution in [0.3, 0.4) is 0 Å². The summed E-state index contributed by atoms with van der Waals surface area (Å²) in [5.41, 5.74) is 1.59. The molecule has 1 aromatic heterocycles. The molecule has 2 amide bonds. The van der Waals surface area contributed by atoms with E-state index in [-0.39, 0.29) is 17.7 Å². The van der Waals surface area contributed by atoms with Gasteiger partial charge < -0.3 is 13.9 Å². The van der Waals surface area contributed by atoms with Crippen molar-refractivity contribution in [2.24, 2.45) is 5.92 Å². The van der Waals surface area contributed by atoms with Crippen molar-refractivity contribution >= 4 is 33.6 Å². The van der Waals surface area contributed by atoms with Crippen LogP contribution in [-0.4, -0.2) is 31.6 Å². The molecule has 2 aliphatic rings. The minimum atomic E-state index is -0.360. The number of amides is 2. The SMILES string of the molecule is O=C1CC[C@H](c2coc3cc4ccc(OCCCC5CCOCC5)cc4cc23)C(=O)N1. The monoisotopic (exact) mass is 421 g/mol. The van der Waals surface area contributed by atoms with Gasteiger partial charge in [-0.25, -0.2) is 0 Å². The molecule has 5 rings (SSSR count). The van der Waals surface area contributed by atoms with Gasteiger partial charge >= 0.3 is 0 Å². The summed E-state index contributed by atoms with van der Waals surface area (Å²) in [4.78, 5) is 23.8. The van der Waals surface area contributed by atoms with Gasteiger partial charge in [0.05, 0.1) is 18.8 Å². The lowest BCUT2D eigenvalue weighted by Gasteiger charge is -2.21. The van der Waals surface area contributed by atoms with Crippen molar-refractivity contribution in [1.29, 1.82) is 0 Å². The molecule has 2 aromatic carbocycles. The van der Waals surface area contributed by atoms with E-state index in [4.69, 9.17) is 13.9 Å². The van der Waals surface area contributed by atoms with Crippen molar-refractivity contribution in [1.82, 2.24) is 5.32 Å². The third-order valence-electron chi connectivity index (χ3n) is 6.51. The first-order chi connectivity index (χ1) is 15.2. The second-order valence-corrected chi connectivity index (χ2v) is 8.60. The number of furan rings is 1. The van der Waals surface area contributed by atoms with Gasteiger partial charge in [-0.3, -0.25) is 14.9 Å². The zero-order valence-corrected chi connectivity index (χ0v) is 17.5. The van der Waals surface area contributed by atoms with Crippen molar-refractivity contribution in [2.45, 2.75) is 44.4 Å². The molecular formula is C25H27NO5. The molecule has 31 heavy (non-hydrogen) atoms. The Morgan fingerprint density at radius 1 is 1.03 bits per heavy atom. The summed E-state index contributed by atoms with van der Waals surface area (Å²) in [6.07, 6.45) is 7.05. The number of carbonyl (C=O) groups is 2. The van der Waals surface area contributed by atoms with Gasteiger partial charge in [0.25, 0.3) is 0 Å². The van der Waals surface area contributed by atoms with Gasteiger partial charge in [0.2, 0.25) is 11.8 Å². The molecule has 1 atom stereocenters. The number of imide groups is 1. The Morgan fingerprint density at radius 3 is 2.74 bits per heavy atom. The average molecular weight is 421 g/mol. The lowest BCUT2D eigenvalue weighted by Crippen LogP contribution is -2.39. The number of nitrogens with one attached hydrogen (secondary N) is 1. The van der Waals surface area contributed by atoms with Gasteiger partial charge in [-0.2, -0.15) is 0 Å². The summed E-state index contributed by atoms with van der Waals surface area (Å²) < 4.78 is 17.2. The molecule has 0 bridgehead atoms. The van der Waals surface area contributed by atoms with Crippen LogP contribution in [0, 0.1) is 5.92 Å². The van der Waals surface area contributed by atoms with Crippen LogP contribution >= 0.6 is 0 Å². The van der Waals surface area contributed by atoms with Gasteiger partial charge in [-0.15, -0.1) is 0 Å². The minimum absolute atomic E-state index is 0.210. The fourth-order valence-corrected chi connectivity index (χ4v) is 4.72.